The van der Waals surface area contributed by atoms with Gasteiger partial charge in [-0.25, -0.2) is 0 Å². The van der Waals surface area contributed by atoms with Crippen LogP contribution >= 0.6 is 0 Å². The van der Waals surface area contributed by atoms with Gasteiger partial charge in [0.25, 0.3) is 0 Å². The van der Waals surface area contributed by atoms with Crippen LogP contribution < -0.4 is 0 Å². The topological polar surface area (TPSA) is 27.7 Å². The Morgan fingerprint density at radius 3 is 1.32 bits per heavy atom. The molecule has 108 valence electrons. The molecule has 0 aromatic carbocycles. The predicted octanol–water partition coefficient (Wildman–Crippen LogP) is 3.20. The number of rotatable bonds is 2. The van der Waals surface area contributed by atoms with Crippen molar-refractivity contribution in [2.45, 2.75) is 101 Å². The highest BCUT2D eigenvalue weighted by Gasteiger charge is 2.37. The van der Waals surface area contributed by atoms with E-state index < -0.39 is 0 Å². The third-order valence-electron chi connectivity index (χ3n) is 5.36. The molecule has 4 unspecified atom stereocenters. The van der Waals surface area contributed by atoms with Gasteiger partial charge in [0.2, 0.25) is 0 Å². The third-order valence-corrected chi connectivity index (χ3v) is 5.36. The minimum atomic E-state index is 0.452. The first-order valence-corrected chi connectivity index (χ1v) is 8.31. The lowest BCUT2D eigenvalue weighted by Gasteiger charge is -2.43. The van der Waals surface area contributed by atoms with E-state index in [-0.39, 0.29) is 0 Å². The molecule has 4 bridgehead atoms. The molecular formula is C16H26O3. The van der Waals surface area contributed by atoms with E-state index in [4.69, 9.17) is 14.2 Å². The SMILES string of the molecule is C1CC2CC(OC3CC4CCCC(C3)O4)CC(C1)O2. The molecule has 3 nitrogen and oxygen atoms in total. The average molecular weight is 266 g/mol. The summed E-state index contributed by atoms with van der Waals surface area (Å²) in [5.41, 5.74) is 0. The third kappa shape index (κ3) is 2.84. The van der Waals surface area contributed by atoms with Crippen LogP contribution in [0.2, 0.25) is 0 Å². The zero-order chi connectivity index (χ0) is 12.7. The second kappa shape index (κ2) is 5.34. The maximum Gasteiger partial charge on any atom is 0.0628 e. The quantitative estimate of drug-likeness (QED) is 0.768. The van der Waals surface area contributed by atoms with Crippen molar-refractivity contribution >= 4 is 0 Å². The zero-order valence-corrected chi connectivity index (χ0v) is 11.8. The first-order chi connectivity index (χ1) is 9.35. The van der Waals surface area contributed by atoms with Gasteiger partial charge >= 0.3 is 0 Å². The minimum Gasteiger partial charge on any atom is -0.375 e. The monoisotopic (exact) mass is 266 g/mol. The van der Waals surface area contributed by atoms with E-state index in [0.717, 1.165) is 25.7 Å². The van der Waals surface area contributed by atoms with Crippen LogP contribution in [0.4, 0.5) is 0 Å². The van der Waals surface area contributed by atoms with E-state index >= 15 is 0 Å². The second-order valence-corrected chi connectivity index (χ2v) is 6.94. The molecule has 4 heterocycles. The van der Waals surface area contributed by atoms with Crippen molar-refractivity contribution in [2.75, 3.05) is 0 Å². The Labute approximate surface area is 116 Å². The van der Waals surface area contributed by atoms with Gasteiger partial charge in [0.05, 0.1) is 36.6 Å². The van der Waals surface area contributed by atoms with Crippen LogP contribution in [0.5, 0.6) is 0 Å². The molecule has 3 heteroatoms. The second-order valence-electron chi connectivity index (χ2n) is 6.94. The van der Waals surface area contributed by atoms with Crippen LogP contribution in [0.15, 0.2) is 0 Å². The van der Waals surface area contributed by atoms with Crippen molar-refractivity contribution in [1.82, 2.24) is 0 Å². The first-order valence-electron chi connectivity index (χ1n) is 8.31. The Hall–Kier alpha value is -0.120. The van der Waals surface area contributed by atoms with Gasteiger partial charge in [-0.05, 0) is 64.2 Å². The van der Waals surface area contributed by atoms with E-state index in [1.807, 2.05) is 0 Å². The molecule has 0 aromatic heterocycles. The summed E-state index contributed by atoms with van der Waals surface area (Å²) in [6.45, 7) is 0. The Bertz CT molecular complexity index is 265. The standard InChI is InChI=1S/C16H26O3/c1-3-11-7-15(8-12(4-1)17-11)19-16-9-13-5-2-6-14(10-16)18-13/h11-16H,1-10H2. The van der Waals surface area contributed by atoms with Crippen molar-refractivity contribution in [3.8, 4) is 0 Å². The van der Waals surface area contributed by atoms with Gasteiger partial charge in [-0.1, -0.05) is 0 Å². The summed E-state index contributed by atoms with van der Waals surface area (Å²) in [5.74, 6) is 0. The largest absolute Gasteiger partial charge is 0.375 e. The molecule has 0 amide bonds. The number of fused-ring (bicyclic) bond motifs is 4. The molecular weight excluding hydrogens is 240 g/mol. The van der Waals surface area contributed by atoms with Crippen LogP contribution in [-0.4, -0.2) is 36.6 Å². The lowest BCUT2D eigenvalue weighted by Crippen LogP contribution is -2.45. The number of hydrogen-bond donors (Lipinski definition) is 0. The normalized spacial score (nSPS) is 49.9. The number of hydrogen-bond acceptors (Lipinski definition) is 3. The van der Waals surface area contributed by atoms with E-state index in [1.165, 1.54) is 38.5 Å². The fourth-order valence-electron chi connectivity index (χ4n) is 4.52. The van der Waals surface area contributed by atoms with Crippen molar-refractivity contribution < 1.29 is 14.2 Å². The van der Waals surface area contributed by atoms with Gasteiger partial charge in [0.1, 0.15) is 0 Å². The van der Waals surface area contributed by atoms with Crippen molar-refractivity contribution in [3.05, 3.63) is 0 Å². The average Bonchev–Trinajstić information content (AvgIpc) is 2.38. The molecule has 0 radical (unpaired) electrons. The summed E-state index contributed by atoms with van der Waals surface area (Å²) in [6.07, 6.45) is 15.0. The van der Waals surface area contributed by atoms with E-state index in [1.54, 1.807) is 0 Å². The molecule has 0 aromatic rings. The first kappa shape index (κ1) is 12.6. The van der Waals surface area contributed by atoms with Crippen molar-refractivity contribution in [1.29, 1.82) is 0 Å². The molecule has 4 aliphatic rings. The minimum absolute atomic E-state index is 0.452. The maximum atomic E-state index is 6.44. The van der Waals surface area contributed by atoms with Crippen LogP contribution in [0.1, 0.15) is 64.2 Å². The van der Waals surface area contributed by atoms with Crippen molar-refractivity contribution in [3.63, 3.8) is 0 Å². The van der Waals surface area contributed by atoms with Crippen LogP contribution in [-0.2, 0) is 14.2 Å². The van der Waals surface area contributed by atoms with E-state index in [9.17, 15) is 0 Å². The Kier molecular flexibility index (Phi) is 3.55. The highest BCUT2D eigenvalue weighted by Crippen LogP contribution is 2.36. The summed E-state index contributed by atoms with van der Waals surface area (Å²) in [4.78, 5) is 0. The fourth-order valence-corrected chi connectivity index (χ4v) is 4.52. The molecule has 0 saturated carbocycles. The summed E-state index contributed by atoms with van der Waals surface area (Å²) in [7, 11) is 0. The molecule has 4 saturated heterocycles. The maximum absolute atomic E-state index is 6.44. The van der Waals surface area contributed by atoms with E-state index in [0.29, 0.717) is 36.6 Å². The van der Waals surface area contributed by atoms with Crippen LogP contribution in [0.25, 0.3) is 0 Å². The van der Waals surface area contributed by atoms with Gasteiger partial charge in [0.15, 0.2) is 0 Å². The summed E-state index contributed by atoms with van der Waals surface area (Å²) < 4.78 is 18.5. The Balaban J connectivity index is 1.34. The lowest BCUT2D eigenvalue weighted by atomic mass is 9.88. The zero-order valence-electron chi connectivity index (χ0n) is 11.8. The van der Waals surface area contributed by atoms with Gasteiger partial charge in [-0.3, -0.25) is 0 Å². The summed E-state index contributed by atoms with van der Waals surface area (Å²) in [5, 5.41) is 0. The summed E-state index contributed by atoms with van der Waals surface area (Å²) >= 11 is 0. The molecule has 0 spiro atoms. The van der Waals surface area contributed by atoms with Gasteiger partial charge < -0.3 is 14.2 Å². The van der Waals surface area contributed by atoms with Gasteiger partial charge in [-0.15, -0.1) is 0 Å². The van der Waals surface area contributed by atoms with Crippen molar-refractivity contribution in [2.24, 2.45) is 0 Å². The summed E-state index contributed by atoms with van der Waals surface area (Å²) in [6, 6.07) is 0. The molecule has 4 atom stereocenters. The lowest BCUT2D eigenvalue weighted by molar-refractivity contribution is -0.185. The van der Waals surface area contributed by atoms with Gasteiger partial charge in [-0.2, -0.15) is 0 Å². The van der Waals surface area contributed by atoms with E-state index in [2.05, 4.69) is 0 Å². The molecule has 0 N–H and O–H groups in total. The smallest absolute Gasteiger partial charge is 0.0628 e. The van der Waals surface area contributed by atoms with Crippen LogP contribution in [0, 0.1) is 0 Å². The molecule has 0 aliphatic carbocycles. The molecule has 19 heavy (non-hydrogen) atoms. The number of ether oxygens (including phenoxy) is 3. The fraction of sp³-hybridized carbons (Fsp3) is 1.00. The van der Waals surface area contributed by atoms with Gasteiger partial charge in [0, 0.05) is 0 Å². The molecule has 4 rings (SSSR count). The molecule has 4 aliphatic heterocycles. The highest BCUT2D eigenvalue weighted by molar-refractivity contribution is 4.86. The molecule has 4 fully saturated rings. The predicted molar refractivity (Wildman–Crippen MR) is 72.2 cm³/mol. The Morgan fingerprint density at radius 1 is 0.579 bits per heavy atom. The Morgan fingerprint density at radius 2 is 0.947 bits per heavy atom. The van der Waals surface area contributed by atoms with Crippen LogP contribution in [0.3, 0.4) is 0 Å². The highest BCUT2D eigenvalue weighted by atomic mass is 16.5.